The minimum Gasteiger partial charge on any atom is -0.423 e. The van der Waals surface area contributed by atoms with E-state index >= 15 is 0 Å². The van der Waals surface area contributed by atoms with Gasteiger partial charge in [0.2, 0.25) is 0 Å². The Labute approximate surface area is 212 Å². The highest BCUT2D eigenvalue weighted by Crippen LogP contribution is 2.32. The van der Waals surface area contributed by atoms with Crippen LogP contribution in [0.5, 0.6) is 0 Å². The molecule has 0 spiro atoms. The molecule has 1 heterocycles. The van der Waals surface area contributed by atoms with Gasteiger partial charge in [-0.05, 0) is 68.6 Å². The quantitative estimate of drug-likeness (QED) is 0.282. The van der Waals surface area contributed by atoms with E-state index < -0.39 is 18.3 Å². The summed E-state index contributed by atoms with van der Waals surface area (Å²) in [6.45, 7) is 6.31. The smallest absolute Gasteiger partial charge is 0.423 e. The van der Waals surface area contributed by atoms with Crippen LogP contribution in [0.4, 0.5) is 0 Å². The summed E-state index contributed by atoms with van der Waals surface area (Å²) in [5, 5.41) is 39.4. The van der Waals surface area contributed by atoms with Gasteiger partial charge in [0.25, 0.3) is 0 Å². The molecule has 0 aliphatic rings. The highest BCUT2D eigenvalue weighted by molar-refractivity contribution is 6.59. The first kappa shape index (κ1) is 25.7. The summed E-state index contributed by atoms with van der Waals surface area (Å²) in [6, 6.07) is 32.6. The van der Waals surface area contributed by atoms with Crippen LogP contribution in [0.15, 0.2) is 97.1 Å². The van der Waals surface area contributed by atoms with Crippen LogP contribution in [0.25, 0.3) is 38.6 Å². The van der Waals surface area contributed by atoms with Crippen molar-refractivity contribution in [2.24, 2.45) is 0 Å². The molecule has 0 fully saturated rings. The van der Waals surface area contributed by atoms with Crippen molar-refractivity contribution in [1.29, 1.82) is 0 Å². The lowest BCUT2D eigenvalue weighted by molar-refractivity contribution is -0.107. The van der Waals surface area contributed by atoms with Crippen LogP contribution >= 0.6 is 0 Å². The average molecular weight is 481 g/mol. The van der Waals surface area contributed by atoms with Gasteiger partial charge in [0.05, 0.1) is 22.2 Å². The zero-order chi connectivity index (χ0) is 26.1. The molecule has 0 amide bonds. The van der Waals surface area contributed by atoms with E-state index in [-0.39, 0.29) is 0 Å². The molecule has 0 aliphatic heterocycles. The molecule has 0 aliphatic carbocycles. The molecule has 0 unspecified atom stereocenters. The number of fused-ring (bicyclic) bond motifs is 3. The molecule has 5 aromatic rings. The topological polar surface area (TPSA) is 85.8 Å². The van der Waals surface area contributed by atoms with Gasteiger partial charge in [0, 0.05) is 16.5 Å². The van der Waals surface area contributed by atoms with Crippen molar-refractivity contribution in [3.05, 3.63) is 97.1 Å². The molecule has 5 nitrogen and oxygen atoms in total. The third-order valence-corrected chi connectivity index (χ3v) is 6.72. The fourth-order valence-electron chi connectivity index (χ4n) is 3.86. The number of hydrogen-bond donors (Lipinski definition) is 4. The number of aliphatic hydroxyl groups is 2. The van der Waals surface area contributed by atoms with Crippen molar-refractivity contribution in [2.45, 2.75) is 38.9 Å². The molecule has 1 aromatic heterocycles. The molecule has 36 heavy (non-hydrogen) atoms. The van der Waals surface area contributed by atoms with Crippen molar-refractivity contribution in [3.63, 3.8) is 0 Å². The van der Waals surface area contributed by atoms with Crippen molar-refractivity contribution >= 4 is 34.4 Å². The Hall–Kier alpha value is -3.42. The predicted octanol–water partition coefficient (Wildman–Crippen LogP) is 4.66. The molecular formula is C30H32BNO4. The number of aromatic nitrogens is 1. The largest absolute Gasteiger partial charge is 0.488 e. The van der Waals surface area contributed by atoms with Gasteiger partial charge in [-0.3, -0.25) is 0 Å². The summed E-state index contributed by atoms with van der Waals surface area (Å²) in [5.74, 6) is 0. The average Bonchev–Trinajstić information content (AvgIpc) is 3.17. The van der Waals surface area contributed by atoms with E-state index in [1.165, 1.54) is 11.1 Å². The van der Waals surface area contributed by atoms with Gasteiger partial charge < -0.3 is 24.8 Å². The Morgan fingerprint density at radius 2 is 1.11 bits per heavy atom. The van der Waals surface area contributed by atoms with Gasteiger partial charge in [-0.25, -0.2) is 0 Å². The van der Waals surface area contributed by atoms with E-state index in [0.29, 0.717) is 5.46 Å². The van der Waals surface area contributed by atoms with Crippen molar-refractivity contribution < 1.29 is 20.3 Å². The maximum absolute atomic E-state index is 9.57. The fraction of sp³-hybridized carbons (Fsp3) is 0.200. The summed E-state index contributed by atoms with van der Waals surface area (Å²) >= 11 is 0. The summed E-state index contributed by atoms with van der Waals surface area (Å²) in [5.41, 5.74) is 4.05. The molecule has 4 aromatic carbocycles. The van der Waals surface area contributed by atoms with Gasteiger partial charge in [0.1, 0.15) is 0 Å². The number of nitrogens with zero attached hydrogens (tertiary/aromatic N) is 1. The highest BCUT2D eigenvalue weighted by Gasteiger charge is 2.32. The summed E-state index contributed by atoms with van der Waals surface area (Å²) in [6.07, 6.45) is 0. The van der Waals surface area contributed by atoms with E-state index in [1.54, 1.807) is 33.8 Å². The first-order chi connectivity index (χ1) is 17.0. The van der Waals surface area contributed by atoms with Crippen LogP contribution in [0.2, 0.25) is 0 Å². The second-order valence-electron chi connectivity index (χ2n) is 10.0. The summed E-state index contributed by atoms with van der Waals surface area (Å²) < 4.78 is 2.22. The molecule has 0 atom stereocenters. The standard InChI is InChI=1S/C24H18BNO2.C6H14O2/c27-25(28)19-12-15-24-22(16-19)21-8-4-5-9-23(21)26(24)20-13-10-18(11-14-20)17-6-2-1-3-7-17;1-5(2,7)6(3,4)8/h1-16,27-28H;7-8H,1-4H3. The summed E-state index contributed by atoms with van der Waals surface area (Å²) in [4.78, 5) is 0. The Balaban J connectivity index is 0.000000331. The van der Waals surface area contributed by atoms with Crippen molar-refractivity contribution in [3.8, 4) is 16.8 Å². The molecule has 6 heteroatoms. The molecule has 0 saturated heterocycles. The van der Waals surface area contributed by atoms with Crippen LogP contribution in [0.1, 0.15) is 27.7 Å². The number of benzene rings is 4. The lowest BCUT2D eigenvalue weighted by Gasteiger charge is -2.31. The molecule has 5 rings (SSSR count). The second-order valence-corrected chi connectivity index (χ2v) is 10.0. The lowest BCUT2D eigenvalue weighted by atomic mass is 9.80. The Bertz CT molecular complexity index is 1450. The van der Waals surface area contributed by atoms with Crippen molar-refractivity contribution in [1.82, 2.24) is 4.57 Å². The minimum atomic E-state index is -1.48. The normalized spacial score (nSPS) is 11.9. The van der Waals surface area contributed by atoms with E-state index in [0.717, 1.165) is 27.5 Å². The van der Waals surface area contributed by atoms with Crippen LogP contribution in [-0.4, -0.2) is 43.1 Å². The molecule has 0 bridgehead atoms. The van der Waals surface area contributed by atoms with Gasteiger partial charge in [0.15, 0.2) is 0 Å². The summed E-state index contributed by atoms with van der Waals surface area (Å²) in [7, 11) is -1.48. The van der Waals surface area contributed by atoms with Gasteiger partial charge in [-0.2, -0.15) is 0 Å². The molecular weight excluding hydrogens is 449 g/mol. The second kappa shape index (κ2) is 9.92. The van der Waals surface area contributed by atoms with E-state index in [2.05, 4.69) is 53.1 Å². The van der Waals surface area contributed by atoms with Gasteiger partial charge >= 0.3 is 7.12 Å². The Morgan fingerprint density at radius 1 is 0.583 bits per heavy atom. The molecule has 0 radical (unpaired) electrons. The third-order valence-electron chi connectivity index (χ3n) is 6.72. The fourth-order valence-corrected chi connectivity index (χ4v) is 3.86. The van der Waals surface area contributed by atoms with E-state index in [1.807, 2.05) is 42.5 Å². The third kappa shape index (κ3) is 5.22. The zero-order valence-electron chi connectivity index (χ0n) is 21.1. The SMILES string of the molecule is CC(C)(O)C(C)(C)O.OB(O)c1ccc2c(c1)c1ccccc1n2-c1ccc(-c2ccccc2)cc1. The number of hydrogen-bond acceptors (Lipinski definition) is 4. The number of rotatable bonds is 4. The first-order valence-electron chi connectivity index (χ1n) is 12.0. The van der Waals surface area contributed by atoms with Crippen LogP contribution < -0.4 is 5.46 Å². The monoisotopic (exact) mass is 481 g/mol. The first-order valence-corrected chi connectivity index (χ1v) is 12.0. The molecule has 0 saturated carbocycles. The Kier molecular flexibility index (Phi) is 7.07. The molecule has 4 N–H and O–H groups in total. The Morgan fingerprint density at radius 3 is 1.69 bits per heavy atom. The maximum Gasteiger partial charge on any atom is 0.488 e. The van der Waals surface area contributed by atoms with E-state index in [9.17, 15) is 10.0 Å². The zero-order valence-corrected chi connectivity index (χ0v) is 21.1. The number of para-hydroxylation sites is 1. The van der Waals surface area contributed by atoms with Crippen LogP contribution in [-0.2, 0) is 0 Å². The van der Waals surface area contributed by atoms with Crippen LogP contribution in [0.3, 0.4) is 0 Å². The van der Waals surface area contributed by atoms with Crippen LogP contribution in [0, 0.1) is 0 Å². The lowest BCUT2D eigenvalue weighted by Crippen LogP contribution is -2.44. The predicted molar refractivity (Wildman–Crippen MR) is 149 cm³/mol. The van der Waals surface area contributed by atoms with Gasteiger partial charge in [-0.15, -0.1) is 0 Å². The van der Waals surface area contributed by atoms with E-state index in [4.69, 9.17) is 10.2 Å². The molecule has 184 valence electrons. The van der Waals surface area contributed by atoms with Gasteiger partial charge in [-0.1, -0.05) is 72.8 Å². The van der Waals surface area contributed by atoms with Crippen molar-refractivity contribution in [2.75, 3.05) is 0 Å². The maximum atomic E-state index is 9.57. The highest BCUT2D eigenvalue weighted by atomic mass is 16.4. The minimum absolute atomic E-state index is 0.495.